The standard InChI is InChI=1S/C18H31NO10/c20-7-13-2-11(23)3-17(27-13)28-14-5-15(16(8-21)25-9-14)29-18-4-10(22)1-12(26-18)6-19-24/h10-18,20-23H,1-9H2/t10-,11-,12-,13-,14-,15+,16-,17-,18-/m1/s1. The smallest absolute Gasteiger partial charge is 0.161 e. The molecule has 0 aliphatic carbocycles. The van der Waals surface area contributed by atoms with Gasteiger partial charge < -0.3 is 44.1 Å². The van der Waals surface area contributed by atoms with Crippen LogP contribution in [0.4, 0.5) is 0 Å². The highest BCUT2D eigenvalue weighted by Gasteiger charge is 2.39. The fraction of sp³-hybridized carbons (Fsp3) is 1.00. The van der Waals surface area contributed by atoms with Crippen molar-refractivity contribution >= 4 is 0 Å². The highest BCUT2D eigenvalue weighted by Crippen LogP contribution is 2.29. The lowest BCUT2D eigenvalue weighted by molar-refractivity contribution is -0.288. The summed E-state index contributed by atoms with van der Waals surface area (Å²) in [4.78, 5) is 10.5. The normalized spacial score (nSPS) is 43.8. The van der Waals surface area contributed by atoms with E-state index in [2.05, 4.69) is 5.18 Å². The van der Waals surface area contributed by atoms with E-state index in [0.717, 1.165) is 0 Å². The van der Waals surface area contributed by atoms with Crippen LogP contribution in [0.1, 0.15) is 32.1 Å². The summed E-state index contributed by atoms with van der Waals surface area (Å²) in [6, 6.07) is 0. The van der Waals surface area contributed by atoms with Crippen molar-refractivity contribution in [2.45, 2.75) is 87.4 Å². The number of ether oxygens (including phenoxy) is 5. The zero-order valence-corrected chi connectivity index (χ0v) is 16.2. The minimum absolute atomic E-state index is 0.0688. The van der Waals surface area contributed by atoms with Crippen LogP contribution in [0.15, 0.2) is 5.18 Å². The van der Waals surface area contributed by atoms with Gasteiger partial charge in [0, 0.05) is 32.1 Å². The van der Waals surface area contributed by atoms with E-state index in [1.54, 1.807) is 0 Å². The maximum atomic E-state index is 10.5. The predicted octanol–water partition coefficient (Wildman–Crippen LogP) is -0.971. The van der Waals surface area contributed by atoms with Crippen molar-refractivity contribution in [3.63, 3.8) is 0 Å². The molecule has 0 amide bonds. The van der Waals surface area contributed by atoms with Gasteiger partial charge in [-0.3, -0.25) is 0 Å². The fourth-order valence-electron chi connectivity index (χ4n) is 4.02. The molecule has 9 atom stereocenters. The Labute approximate surface area is 168 Å². The Morgan fingerprint density at radius 1 is 0.862 bits per heavy atom. The molecule has 3 rings (SSSR count). The quantitative estimate of drug-likeness (QED) is 0.360. The zero-order valence-electron chi connectivity index (χ0n) is 16.2. The van der Waals surface area contributed by atoms with E-state index in [-0.39, 0.29) is 32.8 Å². The maximum Gasteiger partial charge on any atom is 0.161 e. The molecule has 0 aromatic carbocycles. The lowest BCUT2D eigenvalue weighted by atomic mass is 10.0. The Kier molecular flexibility index (Phi) is 8.71. The molecule has 0 bridgehead atoms. The zero-order chi connectivity index (χ0) is 20.8. The highest BCUT2D eigenvalue weighted by molar-refractivity contribution is 4.83. The van der Waals surface area contributed by atoms with Crippen LogP contribution in [-0.4, -0.2) is 102 Å². The number of rotatable bonds is 8. The minimum atomic E-state index is -0.751. The molecular formula is C18H31NO10. The van der Waals surface area contributed by atoms with Crippen LogP contribution in [-0.2, 0) is 23.7 Å². The van der Waals surface area contributed by atoms with Gasteiger partial charge in [-0.05, 0) is 0 Å². The van der Waals surface area contributed by atoms with Crippen molar-refractivity contribution < 1.29 is 44.1 Å². The van der Waals surface area contributed by atoms with E-state index in [4.69, 9.17) is 23.7 Å². The van der Waals surface area contributed by atoms with Crippen molar-refractivity contribution in [3.05, 3.63) is 4.91 Å². The van der Waals surface area contributed by atoms with Crippen LogP contribution in [0.3, 0.4) is 0 Å². The van der Waals surface area contributed by atoms with Crippen LogP contribution in [0.25, 0.3) is 0 Å². The van der Waals surface area contributed by atoms with Crippen LogP contribution < -0.4 is 0 Å². The van der Waals surface area contributed by atoms with E-state index < -0.39 is 55.3 Å². The van der Waals surface area contributed by atoms with Gasteiger partial charge >= 0.3 is 0 Å². The lowest BCUT2D eigenvalue weighted by Gasteiger charge is -2.41. The number of nitroso groups, excluding NO2 is 1. The van der Waals surface area contributed by atoms with Gasteiger partial charge in [-0.2, -0.15) is 4.91 Å². The Morgan fingerprint density at radius 2 is 1.52 bits per heavy atom. The molecule has 0 spiro atoms. The summed E-state index contributed by atoms with van der Waals surface area (Å²) in [5, 5.41) is 41.6. The third-order valence-electron chi connectivity index (χ3n) is 5.43. The number of aliphatic hydroxyl groups excluding tert-OH is 4. The van der Waals surface area contributed by atoms with Crippen molar-refractivity contribution in [1.29, 1.82) is 0 Å². The predicted molar refractivity (Wildman–Crippen MR) is 96.7 cm³/mol. The number of nitrogens with zero attached hydrogens (tertiary/aromatic N) is 1. The number of hydrogen-bond donors (Lipinski definition) is 4. The SMILES string of the molecule is O=NC[C@H]1C[C@@H](O)C[C@@H](O[C@H]2C[C@@H](O[C@@H]3C[C@H](O)C[C@H](CO)O3)CO[C@@H]2CO)O1. The van der Waals surface area contributed by atoms with Crippen molar-refractivity contribution in [1.82, 2.24) is 0 Å². The van der Waals surface area contributed by atoms with Gasteiger partial charge in [0.1, 0.15) is 12.6 Å². The molecule has 4 N–H and O–H groups in total. The summed E-state index contributed by atoms with van der Waals surface area (Å²) in [5.41, 5.74) is 0. The average Bonchev–Trinajstić information content (AvgIpc) is 2.67. The van der Waals surface area contributed by atoms with E-state index >= 15 is 0 Å². The molecule has 0 unspecified atom stereocenters. The molecule has 0 aromatic rings. The molecule has 29 heavy (non-hydrogen) atoms. The fourth-order valence-corrected chi connectivity index (χ4v) is 4.02. The number of aliphatic hydroxyl groups is 4. The molecule has 168 valence electrons. The van der Waals surface area contributed by atoms with Crippen LogP contribution >= 0.6 is 0 Å². The van der Waals surface area contributed by atoms with Gasteiger partial charge in [-0.15, -0.1) is 0 Å². The van der Waals surface area contributed by atoms with Crippen LogP contribution in [0, 0.1) is 4.91 Å². The van der Waals surface area contributed by atoms with E-state index in [1.165, 1.54) is 0 Å². The first-order chi connectivity index (χ1) is 14.0. The minimum Gasteiger partial charge on any atom is -0.394 e. The average molecular weight is 421 g/mol. The third kappa shape index (κ3) is 6.61. The Hall–Kier alpha value is -0.760. The van der Waals surface area contributed by atoms with Gasteiger partial charge in [0.25, 0.3) is 0 Å². The summed E-state index contributed by atoms with van der Waals surface area (Å²) in [5.74, 6) is 0. The molecule has 0 radical (unpaired) electrons. The van der Waals surface area contributed by atoms with Crippen molar-refractivity contribution in [3.8, 4) is 0 Å². The largest absolute Gasteiger partial charge is 0.394 e. The van der Waals surface area contributed by atoms with E-state index in [0.29, 0.717) is 25.7 Å². The molecular weight excluding hydrogens is 390 g/mol. The molecule has 0 saturated carbocycles. The maximum absolute atomic E-state index is 10.5. The summed E-state index contributed by atoms with van der Waals surface area (Å²) < 4.78 is 28.8. The first-order valence-electron chi connectivity index (χ1n) is 10.1. The first kappa shape index (κ1) is 22.9. The molecule has 3 fully saturated rings. The van der Waals surface area contributed by atoms with E-state index in [9.17, 15) is 25.3 Å². The van der Waals surface area contributed by atoms with Crippen LogP contribution in [0.2, 0.25) is 0 Å². The summed E-state index contributed by atoms with van der Waals surface area (Å²) >= 11 is 0. The molecule has 0 aromatic heterocycles. The second-order valence-electron chi connectivity index (χ2n) is 7.84. The Morgan fingerprint density at radius 3 is 2.17 bits per heavy atom. The second-order valence-corrected chi connectivity index (χ2v) is 7.84. The molecule has 3 aliphatic heterocycles. The monoisotopic (exact) mass is 421 g/mol. The van der Waals surface area contributed by atoms with Crippen molar-refractivity contribution in [2.75, 3.05) is 26.4 Å². The topological polar surface area (TPSA) is 156 Å². The van der Waals surface area contributed by atoms with Gasteiger partial charge in [-0.1, -0.05) is 5.18 Å². The molecule has 3 aliphatic rings. The lowest BCUT2D eigenvalue weighted by Crippen LogP contribution is -2.50. The Balaban J connectivity index is 1.55. The number of hydrogen-bond acceptors (Lipinski definition) is 11. The molecule has 3 saturated heterocycles. The second kappa shape index (κ2) is 11.0. The van der Waals surface area contributed by atoms with Crippen molar-refractivity contribution in [2.24, 2.45) is 5.18 Å². The molecule has 3 heterocycles. The van der Waals surface area contributed by atoms with Gasteiger partial charge in [0.05, 0.1) is 56.4 Å². The Bertz CT molecular complexity index is 511. The highest BCUT2D eigenvalue weighted by atomic mass is 16.7. The summed E-state index contributed by atoms with van der Waals surface area (Å²) in [6.07, 6.45) is -3.66. The molecule has 11 heteroatoms. The third-order valence-corrected chi connectivity index (χ3v) is 5.43. The van der Waals surface area contributed by atoms with Gasteiger partial charge in [0.15, 0.2) is 12.6 Å². The summed E-state index contributed by atoms with van der Waals surface area (Å²) in [7, 11) is 0. The van der Waals surface area contributed by atoms with Crippen LogP contribution in [0.5, 0.6) is 0 Å². The summed E-state index contributed by atoms with van der Waals surface area (Å²) in [6.45, 7) is -0.303. The van der Waals surface area contributed by atoms with Gasteiger partial charge in [0.2, 0.25) is 0 Å². The van der Waals surface area contributed by atoms with Gasteiger partial charge in [-0.25, -0.2) is 0 Å². The van der Waals surface area contributed by atoms with E-state index in [1.807, 2.05) is 0 Å². The first-order valence-corrected chi connectivity index (χ1v) is 10.1. The molecule has 11 nitrogen and oxygen atoms in total.